The minimum atomic E-state index is -4.18. The maximum Gasteiger partial charge on any atom is 0.264 e. The van der Waals surface area contributed by atoms with E-state index in [1.165, 1.54) is 17.0 Å². The van der Waals surface area contributed by atoms with Crippen LogP contribution in [-0.4, -0.2) is 43.8 Å². The second kappa shape index (κ2) is 15.2. The number of anilines is 1. The zero-order valence-corrected chi connectivity index (χ0v) is 26.9. The van der Waals surface area contributed by atoms with E-state index >= 15 is 0 Å². The van der Waals surface area contributed by atoms with E-state index in [1.54, 1.807) is 66.7 Å². The van der Waals surface area contributed by atoms with Gasteiger partial charge in [0.25, 0.3) is 10.0 Å². The van der Waals surface area contributed by atoms with Crippen molar-refractivity contribution in [3.63, 3.8) is 0 Å². The Labute approximate surface area is 269 Å². The Kier molecular flexibility index (Phi) is 11.4. The van der Waals surface area contributed by atoms with Gasteiger partial charge in [-0.25, -0.2) is 8.42 Å². The minimum absolute atomic E-state index is 0.0300. The van der Waals surface area contributed by atoms with E-state index in [-0.39, 0.29) is 35.5 Å². The molecule has 2 atom stereocenters. The van der Waals surface area contributed by atoms with E-state index in [4.69, 9.17) is 23.2 Å². The molecule has 0 aliphatic heterocycles. The first kappa shape index (κ1) is 33.1. The number of carbonyl (C=O) groups is 2. The van der Waals surface area contributed by atoms with Gasteiger partial charge in [0.05, 0.1) is 10.6 Å². The molecule has 4 aromatic carbocycles. The average Bonchev–Trinajstić information content (AvgIpc) is 3.03. The number of halogens is 2. The largest absolute Gasteiger partial charge is 0.352 e. The van der Waals surface area contributed by atoms with Gasteiger partial charge < -0.3 is 10.2 Å². The van der Waals surface area contributed by atoms with Crippen LogP contribution in [0.1, 0.15) is 31.4 Å². The van der Waals surface area contributed by atoms with Crippen molar-refractivity contribution in [2.24, 2.45) is 0 Å². The number of carbonyl (C=O) groups excluding carboxylic acids is 2. The van der Waals surface area contributed by atoms with Gasteiger partial charge in [-0.15, -0.1) is 0 Å². The van der Waals surface area contributed by atoms with Crippen molar-refractivity contribution in [2.75, 3.05) is 10.8 Å². The molecule has 0 heterocycles. The zero-order valence-electron chi connectivity index (χ0n) is 24.6. The lowest BCUT2D eigenvalue weighted by atomic mass is 10.0. The van der Waals surface area contributed by atoms with Gasteiger partial charge in [-0.05, 0) is 73.0 Å². The van der Waals surface area contributed by atoms with Crippen LogP contribution in [0, 0.1) is 0 Å². The van der Waals surface area contributed by atoms with Crippen molar-refractivity contribution in [3.05, 3.63) is 130 Å². The van der Waals surface area contributed by atoms with Gasteiger partial charge in [0.15, 0.2) is 0 Å². The molecule has 0 radical (unpaired) electrons. The van der Waals surface area contributed by atoms with Gasteiger partial charge in [0.2, 0.25) is 11.8 Å². The molecule has 1 N–H and O–H groups in total. The van der Waals surface area contributed by atoms with Gasteiger partial charge >= 0.3 is 0 Å². The molecule has 10 heteroatoms. The Balaban J connectivity index is 1.79. The molecule has 0 fully saturated rings. The highest BCUT2D eigenvalue weighted by molar-refractivity contribution is 7.92. The third kappa shape index (κ3) is 8.62. The fourth-order valence-corrected chi connectivity index (χ4v) is 6.32. The second-order valence-corrected chi connectivity index (χ2v) is 13.2. The molecule has 0 unspecified atom stereocenters. The summed E-state index contributed by atoms with van der Waals surface area (Å²) in [4.78, 5) is 29.8. The van der Waals surface area contributed by atoms with E-state index in [1.807, 2.05) is 44.2 Å². The maximum atomic E-state index is 14.4. The van der Waals surface area contributed by atoms with E-state index < -0.39 is 28.5 Å². The first-order valence-corrected chi connectivity index (χ1v) is 16.5. The van der Waals surface area contributed by atoms with Crippen LogP contribution in [-0.2, 0) is 32.6 Å². The Morgan fingerprint density at radius 3 is 1.89 bits per heavy atom. The quantitative estimate of drug-likeness (QED) is 0.173. The lowest BCUT2D eigenvalue weighted by Crippen LogP contribution is -2.54. The monoisotopic (exact) mass is 651 g/mol. The number of sulfonamides is 1. The van der Waals surface area contributed by atoms with Crippen LogP contribution >= 0.6 is 23.2 Å². The van der Waals surface area contributed by atoms with Gasteiger partial charge in [0, 0.05) is 29.1 Å². The number of nitrogens with zero attached hydrogens (tertiary/aromatic N) is 2. The van der Waals surface area contributed by atoms with Gasteiger partial charge in [-0.1, -0.05) is 90.8 Å². The lowest BCUT2D eigenvalue weighted by molar-refractivity contribution is -0.140. The number of hydrogen-bond donors (Lipinski definition) is 1. The van der Waals surface area contributed by atoms with E-state index in [0.29, 0.717) is 16.5 Å². The molecule has 2 amide bonds. The fraction of sp³-hybridized carbons (Fsp3) is 0.235. The van der Waals surface area contributed by atoms with Crippen molar-refractivity contribution in [1.82, 2.24) is 10.2 Å². The first-order chi connectivity index (χ1) is 21.1. The van der Waals surface area contributed by atoms with Crippen molar-refractivity contribution < 1.29 is 18.0 Å². The van der Waals surface area contributed by atoms with Gasteiger partial charge in [0.1, 0.15) is 12.6 Å². The molecular formula is C34H35Cl2N3O4S. The predicted molar refractivity (Wildman–Crippen MR) is 176 cm³/mol. The summed E-state index contributed by atoms with van der Waals surface area (Å²) in [6, 6.07) is 29.5. The third-order valence-electron chi connectivity index (χ3n) is 7.26. The summed E-state index contributed by atoms with van der Waals surface area (Å²) in [5.41, 5.74) is 1.86. The average molecular weight is 653 g/mol. The SMILES string of the molecule is CC[C@@H](C)NC(=O)[C@H](Cc1ccccc1)N(Cc1ccc(Cl)cc1)C(=O)CN(c1ccc(Cl)cc1)S(=O)(=O)c1ccccc1. The van der Waals surface area contributed by atoms with Gasteiger partial charge in [-0.3, -0.25) is 13.9 Å². The van der Waals surface area contributed by atoms with Crippen molar-refractivity contribution in [3.8, 4) is 0 Å². The van der Waals surface area contributed by atoms with Crippen LogP contribution in [0.2, 0.25) is 10.0 Å². The van der Waals surface area contributed by atoms with Crippen molar-refractivity contribution >= 4 is 50.7 Å². The van der Waals surface area contributed by atoms with Crippen LogP contribution in [0.25, 0.3) is 0 Å². The molecular weight excluding hydrogens is 617 g/mol. The number of amides is 2. The van der Waals surface area contributed by atoms with Crippen molar-refractivity contribution in [2.45, 2.75) is 50.2 Å². The number of nitrogens with one attached hydrogen (secondary N) is 1. The topological polar surface area (TPSA) is 86.8 Å². The summed E-state index contributed by atoms with van der Waals surface area (Å²) in [7, 11) is -4.18. The minimum Gasteiger partial charge on any atom is -0.352 e. The normalized spacial score (nSPS) is 12.6. The number of benzene rings is 4. The summed E-state index contributed by atoms with van der Waals surface area (Å²) in [5.74, 6) is -0.871. The van der Waals surface area contributed by atoms with Crippen LogP contribution in [0.5, 0.6) is 0 Å². The molecule has 230 valence electrons. The Morgan fingerprint density at radius 2 is 1.32 bits per heavy atom. The molecule has 0 aromatic heterocycles. The molecule has 0 saturated heterocycles. The Bertz CT molecular complexity index is 1640. The molecule has 0 aliphatic rings. The molecule has 0 bridgehead atoms. The second-order valence-electron chi connectivity index (χ2n) is 10.5. The molecule has 0 saturated carbocycles. The summed E-state index contributed by atoms with van der Waals surface area (Å²) in [5, 5.41) is 3.98. The highest BCUT2D eigenvalue weighted by Gasteiger charge is 2.35. The molecule has 4 rings (SSSR count). The van der Waals surface area contributed by atoms with E-state index in [9.17, 15) is 18.0 Å². The van der Waals surface area contributed by atoms with Crippen LogP contribution in [0.4, 0.5) is 5.69 Å². The standard InChI is InChI=1S/C34H35Cl2N3O4S/c1-3-25(2)37-34(41)32(22-26-10-6-4-7-11-26)38(23-27-14-16-28(35)17-15-27)33(40)24-39(30-20-18-29(36)19-21-30)44(42,43)31-12-8-5-9-13-31/h4-21,25,32H,3,22-24H2,1-2H3,(H,37,41)/t25-,32+/m1/s1. The van der Waals surface area contributed by atoms with E-state index in [0.717, 1.165) is 15.4 Å². The summed E-state index contributed by atoms with van der Waals surface area (Å²) >= 11 is 12.2. The van der Waals surface area contributed by atoms with Crippen LogP contribution in [0.15, 0.2) is 114 Å². The predicted octanol–water partition coefficient (Wildman–Crippen LogP) is 6.74. The molecule has 0 aliphatic carbocycles. The lowest BCUT2D eigenvalue weighted by Gasteiger charge is -2.34. The van der Waals surface area contributed by atoms with Crippen LogP contribution in [0.3, 0.4) is 0 Å². The first-order valence-electron chi connectivity index (χ1n) is 14.3. The fourth-order valence-electron chi connectivity index (χ4n) is 4.64. The van der Waals surface area contributed by atoms with Crippen molar-refractivity contribution in [1.29, 1.82) is 0 Å². The molecule has 44 heavy (non-hydrogen) atoms. The van der Waals surface area contributed by atoms with Crippen LogP contribution < -0.4 is 9.62 Å². The van der Waals surface area contributed by atoms with E-state index in [2.05, 4.69) is 5.32 Å². The number of hydrogen-bond acceptors (Lipinski definition) is 4. The van der Waals surface area contributed by atoms with Gasteiger partial charge in [-0.2, -0.15) is 0 Å². The Hall–Kier alpha value is -3.85. The third-order valence-corrected chi connectivity index (χ3v) is 9.56. The molecule has 4 aromatic rings. The summed E-state index contributed by atoms with van der Waals surface area (Å²) < 4.78 is 29.0. The number of rotatable bonds is 13. The highest BCUT2D eigenvalue weighted by Crippen LogP contribution is 2.26. The molecule has 0 spiro atoms. The summed E-state index contributed by atoms with van der Waals surface area (Å²) in [6.45, 7) is 3.37. The summed E-state index contributed by atoms with van der Waals surface area (Å²) in [6.07, 6.45) is 0.934. The Morgan fingerprint density at radius 1 is 0.773 bits per heavy atom. The zero-order chi connectivity index (χ0) is 31.7. The smallest absolute Gasteiger partial charge is 0.264 e. The maximum absolute atomic E-state index is 14.4. The highest BCUT2D eigenvalue weighted by atomic mass is 35.5. The molecule has 7 nitrogen and oxygen atoms in total.